The molecule has 0 saturated carbocycles. The van der Waals surface area contributed by atoms with Crippen LogP contribution in [0, 0.1) is 0 Å². The number of benzene rings is 3. The first kappa shape index (κ1) is 20.9. The van der Waals surface area contributed by atoms with Gasteiger partial charge in [0.1, 0.15) is 0 Å². The molecule has 0 fully saturated rings. The van der Waals surface area contributed by atoms with Gasteiger partial charge in [-0.15, -0.1) is 0 Å². The molecule has 0 aromatic heterocycles. The molecule has 154 valence electrons. The molecule has 0 saturated heterocycles. The second kappa shape index (κ2) is 10.1. The van der Waals surface area contributed by atoms with Crippen molar-refractivity contribution in [2.75, 3.05) is 12.4 Å². The Morgan fingerprint density at radius 3 is 2.33 bits per heavy atom. The van der Waals surface area contributed by atoms with Gasteiger partial charge in [-0.05, 0) is 42.8 Å². The van der Waals surface area contributed by atoms with Crippen molar-refractivity contribution in [2.45, 2.75) is 19.6 Å². The summed E-state index contributed by atoms with van der Waals surface area (Å²) in [5, 5.41) is 5.66. The van der Waals surface area contributed by atoms with Crippen LogP contribution in [-0.4, -0.2) is 25.0 Å². The number of hydrogen-bond acceptors (Lipinski definition) is 4. The first-order valence-corrected chi connectivity index (χ1v) is 9.59. The Morgan fingerprint density at radius 2 is 1.60 bits per heavy atom. The Morgan fingerprint density at radius 1 is 0.900 bits per heavy atom. The minimum atomic E-state index is -0.753. The zero-order valence-corrected chi connectivity index (χ0v) is 16.9. The summed E-state index contributed by atoms with van der Waals surface area (Å²) in [6.45, 7) is 2.08. The molecule has 3 aromatic rings. The Balaban J connectivity index is 1.59. The second-order valence-electron chi connectivity index (χ2n) is 6.65. The quantitative estimate of drug-likeness (QED) is 0.594. The van der Waals surface area contributed by atoms with E-state index in [4.69, 9.17) is 9.47 Å². The zero-order valence-electron chi connectivity index (χ0n) is 16.9. The first-order chi connectivity index (χ1) is 14.6. The monoisotopic (exact) mass is 404 g/mol. The lowest BCUT2D eigenvalue weighted by Crippen LogP contribution is -2.30. The molecule has 0 heterocycles. The largest absolute Gasteiger partial charge is 0.493 e. The van der Waals surface area contributed by atoms with Gasteiger partial charge in [-0.25, -0.2) is 0 Å². The van der Waals surface area contributed by atoms with Crippen LogP contribution in [0.1, 0.15) is 22.8 Å². The van der Waals surface area contributed by atoms with Gasteiger partial charge in [0.05, 0.1) is 7.11 Å². The van der Waals surface area contributed by atoms with Crippen LogP contribution in [0.25, 0.3) is 0 Å². The molecule has 0 radical (unpaired) electrons. The Bertz CT molecular complexity index is 1000. The molecule has 6 heteroatoms. The number of methoxy groups -OCH3 is 1. The van der Waals surface area contributed by atoms with Crippen LogP contribution in [0.4, 0.5) is 5.69 Å². The summed E-state index contributed by atoms with van der Waals surface area (Å²) in [4.78, 5) is 25.0. The molecule has 0 aliphatic heterocycles. The van der Waals surface area contributed by atoms with Crippen molar-refractivity contribution in [3.63, 3.8) is 0 Å². The van der Waals surface area contributed by atoms with Crippen molar-refractivity contribution in [1.29, 1.82) is 0 Å². The molecule has 1 unspecified atom stereocenters. The molecule has 0 aliphatic rings. The number of nitrogens with one attached hydrogen (secondary N) is 2. The molecule has 2 amide bonds. The molecule has 3 aromatic carbocycles. The summed E-state index contributed by atoms with van der Waals surface area (Å²) in [6, 6.07) is 23.6. The van der Waals surface area contributed by atoms with Crippen molar-refractivity contribution >= 4 is 17.5 Å². The lowest BCUT2D eigenvalue weighted by atomic mass is 10.1. The van der Waals surface area contributed by atoms with Crippen LogP contribution < -0.4 is 20.1 Å². The Labute approximate surface area is 175 Å². The van der Waals surface area contributed by atoms with E-state index in [1.165, 1.54) is 0 Å². The van der Waals surface area contributed by atoms with E-state index >= 15 is 0 Å². The van der Waals surface area contributed by atoms with Crippen LogP contribution in [-0.2, 0) is 11.3 Å². The molecule has 0 aliphatic carbocycles. The van der Waals surface area contributed by atoms with Gasteiger partial charge in [0, 0.05) is 17.8 Å². The number of anilines is 1. The molecular formula is C24H24N2O4. The number of carbonyl (C=O) groups is 2. The smallest absolute Gasteiger partial charge is 0.265 e. The van der Waals surface area contributed by atoms with Gasteiger partial charge in [0.25, 0.3) is 11.8 Å². The van der Waals surface area contributed by atoms with Gasteiger partial charge in [0.2, 0.25) is 0 Å². The Hall–Kier alpha value is -3.80. The number of amides is 2. The molecule has 1 atom stereocenters. The van der Waals surface area contributed by atoms with Gasteiger partial charge in [-0.1, -0.05) is 48.5 Å². The van der Waals surface area contributed by atoms with E-state index in [-0.39, 0.29) is 11.8 Å². The Kier molecular flexibility index (Phi) is 7.05. The van der Waals surface area contributed by atoms with Crippen LogP contribution in [0.5, 0.6) is 11.5 Å². The number of carbonyl (C=O) groups excluding carboxylic acids is 2. The molecule has 3 rings (SSSR count). The van der Waals surface area contributed by atoms with E-state index in [1.54, 1.807) is 56.5 Å². The SMILES string of the molecule is COc1ccccc1OC(C)C(=O)Nc1cccc(C(=O)NCc2ccccc2)c1. The fraction of sp³-hybridized carbons (Fsp3) is 0.167. The maximum atomic E-state index is 12.5. The number of hydrogen-bond donors (Lipinski definition) is 2. The molecule has 30 heavy (non-hydrogen) atoms. The fourth-order valence-corrected chi connectivity index (χ4v) is 2.82. The fourth-order valence-electron chi connectivity index (χ4n) is 2.82. The van der Waals surface area contributed by atoms with Gasteiger partial charge in [-0.3, -0.25) is 9.59 Å². The second-order valence-corrected chi connectivity index (χ2v) is 6.65. The minimum Gasteiger partial charge on any atom is -0.493 e. The predicted octanol–water partition coefficient (Wildman–Crippen LogP) is 4.03. The summed E-state index contributed by atoms with van der Waals surface area (Å²) in [7, 11) is 1.54. The van der Waals surface area contributed by atoms with Gasteiger partial charge in [0.15, 0.2) is 17.6 Å². The van der Waals surface area contributed by atoms with E-state index in [9.17, 15) is 9.59 Å². The van der Waals surface area contributed by atoms with Crippen LogP contribution in [0.2, 0.25) is 0 Å². The maximum Gasteiger partial charge on any atom is 0.265 e. The van der Waals surface area contributed by atoms with Gasteiger partial charge in [-0.2, -0.15) is 0 Å². The standard InChI is InChI=1S/C24H24N2O4/c1-17(30-22-14-7-6-13-21(22)29-2)23(27)26-20-12-8-11-19(15-20)24(28)25-16-18-9-4-3-5-10-18/h3-15,17H,16H2,1-2H3,(H,25,28)(H,26,27). The third-order valence-electron chi connectivity index (χ3n) is 4.43. The lowest BCUT2D eigenvalue weighted by Gasteiger charge is -2.17. The van der Waals surface area contributed by atoms with Crippen molar-refractivity contribution in [1.82, 2.24) is 5.32 Å². The summed E-state index contributed by atoms with van der Waals surface area (Å²) in [5.41, 5.74) is 1.99. The summed E-state index contributed by atoms with van der Waals surface area (Å²) < 4.78 is 11.0. The van der Waals surface area contributed by atoms with E-state index in [0.29, 0.717) is 29.3 Å². The minimum absolute atomic E-state index is 0.215. The predicted molar refractivity (Wildman–Crippen MR) is 116 cm³/mol. The highest BCUT2D eigenvalue weighted by Gasteiger charge is 2.17. The van der Waals surface area contributed by atoms with Crippen molar-refractivity contribution < 1.29 is 19.1 Å². The van der Waals surface area contributed by atoms with Crippen molar-refractivity contribution in [3.8, 4) is 11.5 Å². The third kappa shape index (κ3) is 5.61. The van der Waals surface area contributed by atoms with E-state index in [2.05, 4.69) is 10.6 Å². The topological polar surface area (TPSA) is 76.7 Å². The summed E-state index contributed by atoms with van der Waals surface area (Å²) in [6.07, 6.45) is -0.753. The maximum absolute atomic E-state index is 12.5. The zero-order chi connectivity index (χ0) is 21.3. The van der Waals surface area contributed by atoms with Crippen molar-refractivity contribution in [3.05, 3.63) is 90.0 Å². The highest BCUT2D eigenvalue weighted by Crippen LogP contribution is 2.27. The van der Waals surface area contributed by atoms with E-state index in [1.807, 2.05) is 36.4 Å². The molecule has 0 bridgehead atoms. The van der Waals surface area contributed by atoms with Crippen LogP contribution in [0.15, 0.2) is 78.9 Å². The van der Waals surface area contributed by atoms with Crippen LogP contribution >= 0.6 is 0 Å². The van der Waals surface area contributed by atoms with Gasteiger partial charge >= 0.3 is 0 Å². The molecule has 0 spiro atoms. The normalized spacial score (nSPS) is 11.3. The first-order valence-electron chi connectivity index (χ1n) is 9.59. The number of rotatable bonds is 8. The van der Waals surface area contributed by atoms with Crippen molar-refractivity contribution in [2.24, 2.45) is 0 Å². The highest BCUT2D eigenvalue weighted by atomic mass is 16.5. The van der Waals surface area contributed by atoms with E-state index < -0.39 is 6.10 Å². The summed E-state index contributed by atoms with van der Waals surface area (Å²) in [5.74, 6) is 0.488. The molecular weight excluding hydrogens is 380 g/mol. The average molecular weight is 404 g/mol. The lowest BCUT2D eigenvalue weighted by molar-refractivity contribution is -0.122. The number of ether oxygens (including phenoxy) is 2. The molecule has 6 nitrogen and oxygen atoms in total. The molecule has 2 N–H and O–H groups in total. The average Bonchev–Trinajstić information content (AvgIpc) is 2.78. The van der Waals surface area contributed by atoms with Crippen LogP contribution in [0.3, 0.4) is 0 Å². The van der Waals surface area contributed by atoms with Gasteiger partial charge < -0.3 is 20.1 Å². The van der Waals surface area contributed by atoms with E-state index in [0.717, 1.165) is 5.56 Å². The third-order valence-corrected chi connectivity index (χ3v) is 4.43. The highest BCUT2D eigenvalue weighted by molar-refractivity contribution is 5.98. The number of para-hydroxylation sites is 2. The summed E-state index contributed by atoms with van der Waals surface area (Å²) >= 11 is 0.